The molecule has 0 saturated carbocycles. The van der Waals surface area contributed by atoms with Gasteiger partial charge < -0.3 is 20.9 Å². The summed E-state index contributed by atoms with van der Waals surface area (Å²) in [6.07, 6.45) is 0.296. The van der Waals surface area contributed by atoms with Crippen molar-refractivity contribution in [3.8, 4) is 0 Å². The third-order valence-electron chi connectivity index (χ3n) is 7.45. The summed E-state index contributed by atoms with van der Waals surface area (Å²) in [5.74, 6) is -0.711. The SMILES string of the molecule is CN1C(=O)[C@H](NC(=O)Nc2ccc3c(c2)CC2(CC3)NC(=O)NC2=O)N=C(c2ccccc2)c2ccccc21. The topological polar surface area (TPSA) is 132 Å². The summed E-state index contributed by atoms with van der Waals surface area (Å²) in [4.78, 5) is 56.8. The number of fused-ring (bicyclic) bond motifs is 2. The normalized spacial score (nSPS) is 21.8. The molecule has 3 aliphatic rings. The van der Waals surface area contributed by atoms with Gasteiger partial charge in [-0.1, -0.05) is 54.6 Å². The maximum absolute atomic E-state index is 13.4. The van der Waals surface area contributed by atoms with E-state index in [2.05, 4.69) is 21.3 Å². The number of amides is 6. The molecule has 0 aromatic heterocycles. The van der Waals surface area contributed by atoms with E-state index in [-0.39, 0.29) is 11.8 Å². The van der Waals surface area contributed by atoms with Crippen LogP contribution in [0.2, 0.25) is 0 Å². The standard InChI is InChI=1S/C29H26N6O4/c1-35-22-10-6-5-9-21(22)23(18-7-3-2-4-8-18)31-24(25(35)36)32-27(38)30-20-12-11-17-13-14-29(16-19(17)15-20)26(37)33-28(39)34-29/h2-12,15,24H,13-14,16H2,1H3,(H2,30,32,38)(H2,33,34,37,39)/t24-,29?/m0/s1. The molecule has 2 aliphatic heterocycles. The number of carbonyl (C=O) groups excluding carboxylic acids is 4. The fourth-order valence-electron chi connectivity index (χ4n) is 5.44. The maximum atomic E-state index is 13.4. The highest BCUT2D eigenvalue weighted by Crippen LogP contribution is 2.33. The van der Waals surface area contributed by atoms with Crippen molar-refractivity contribution in [1.82, 2.24) is 16.0 Å². The molecule has 196 valence electrons. The van der Waals surface area contributed by atoms with Crippen LogP contribution < -0.4 is 26.2 Å². The lowest BCUT2D eigenvalue weighted by Gasteiger charge is -2.32. The van der Waals surface area contributed by atoms with E-state index >= 15 is 0 Å². The van der Waals surface area contributed by atoms with Gasteiger partial charge in [-0.15, -0.1) is 0 Å². The summed E-state index contributed by atoms with van der Waals surface area (Å²) in [7, 11) is 1.66. The molecule has 10 nitrogen and oxygen atoms in total. The van der Waals surface area contributed by atoms with E-state index in [0.29, 0.717) is 36.3 Å². The van der Waals surface area contributed by atoms with Crippen LogP contribution >= 0.6 is 0 Å². The molecule has 1 aliphatic carbocycles. The minimum atomic E-state index is -1.16. The fraction of sp³-hybridized carbons (Fsp3) is 0.207. The zero-order valence-electron chi connectivity index (χ0n) is 21.2. The molecule has 1 saturated heterocycles. The number of para-hydroxylation sites is 1. The Morgan fingerprint density at radius 3 is 2.54 bits per heavy atom. The molecule has 1 fully saturated rings. The van der Waals surface area contributed by atoms with Crippen LogP contribution in [0.15, 0.2) is 77.8 Å². The number of anilines is 2. The number of hydrogen-bond acceptors (Lipinski definition) is 5. The van der Waals surface area contributed by atoms with Crippen molar-refractivity contribution in [2.75, 3.05) is 17.3 Å². The van der Waals surface area contributed by atoms with Gasteiger partial charge in [-0.3, -0.25) is 14.9 Å². The lowest BCUT2D eigenvalue weighted by molar-refractivity contribution is -0.124. The summed E-state index contributed by atoms with van der Waals surface area (Å²) in [5, 5.41) is 10.6. The van der Waals surface area contributed by atoms with Gasteiger partial charge in [-0.05, 0) is 42.2 Å². The lowest BCUT2D eigenvalue weighted by Crippen LogP contribution is -2.51. The Bertz CT molecular complexity index is 1550. The van der Waals surface area contributed by atoms with Crippen LogP contribution in [0.3, 0.4) is 0 Å². The minimum Gasteiger partial charge on any atom is -0.323 e. The number of benzodiazepines with no additional fused rings is 1. The molecule has 1 unspecified atom stereocenters. The number of aryl methyl sites for hydroxylation is 1. The second-order valence-electron chi connectivity index (χ2n) is 9.91. The van der Waals surface area contributed by atoms with E-state index in [1.165, 1.54) is 4.90 Å². The average Bonchev–Trinajstić information content (AvgIpc) is 3.16. The first-order valence-corrected chi connectivity index (χ1v) is 12.7. The number of likely N-dealkylation sites (N-methyl/N-ethyl adjacent to an activating group) is 1. The number of imide groups is 1. The van der Waals surface area contributed by atoms with Crippen LogP contribution in [-0.2, 0) is 22.4 Å². The summed E-state index contributed by atoms with van der Waals surface area (Å²) in [6, 6.07) is 21.4. The molecule has 3 aromatic rings. The van der Waals surface area contributed by atoms with Gasteiger partial charge in [0.15, 0.2) is 0 Å². The number of hydrogen-bond donors (Lipinski definition) is 4. The monoisotopic (exact) mass is 522 g/mol. The van der Waals surface area contributed by atoms with Crippen molar-refractivity contribution in [3.63, 3.8) is 0 Å². The van der Waals surface area contributed by atoms with Crippen molar-refractivity contribution in [2.24, 2.45) is 4.99 Å². The maximum Gasteiger partial charge on any atom is 0.322 e. The second kappa shape index (κ2) is 9.39. The summed E-state index contributed by atoms with van der Waals surface area (Å²) in [6.45, 7) is 0. The van der Waals surface area contributed by atoms with Crippen LogP contribution in [0.1, 0.15) is 28.7 Å². The van der Waals surface area contributed by atoms with E-state index in [9.17, 15) is 19.2 Å². The average molecular weight is 523 g/mol. The van der Waals surface area contributed by atoms with Crippen molar-refractivity contribution in [1.29, 1.82) is 0 Å². The highest BCUT2D eigenvalue weighted by Gasteiger charge is 2.47. The molecular formula is C29H26N6O4. The number of aliphatic imine (C=N–C) groups is 1. The number of nitrogens with one attached hydrogen (secondary N) is 4. The van der Waals surface area contributed by atoms with Gasteiger partial charge in [0.1, 0.15) is 5.54 Å². The van der Waals surface area contributed by atoms with Crippen LogP contribution in [0.4, 0.5) is 21.0 Å². The first-order chi connectivity index (χ1) is 18.8. The van der Waals surface area contributed by atoms with Gasteiger partial charge in [0.25, 0.3) is 11.8 Å². The van der Waals surface area contributed by atoms with Crippen molar-refractivity contribution in [2.45, 2.75) is 31.0 Å². The number of nitrogens with zero attached hydrogens (tertiary/aromatic N) is 2. The Morgan fingerprint density at radius 2 is 1.77 bits per heavy atom. The quantitative estimate of drug-likeness (QED) is 0.394. The third kappa shape index (κ3) is 4.39. The van der Waals surface area contributed by atoms with Gasteiger partial charge in [-0.25, -0.2) is 14.6 Å². The first kappa shape index (κ1) is 24.4. The van der Waals surface area contributed by atoms with Crippen molar-refractivity contribution in [3.05, 3.63) is 95.1 Å². The molecule has 1 spiro atoms. The first-order valence-electron chi connectivity index (χ1n) is 12.7. The van der Waals surface area contributed by atoms with E-state index in [1.54, 1.807) is 19.2 Å². The highest BCUT2D eigenvalue weighted by molar-refractivity contribution is 6.20. The van der Waals surface area contributed by atoms with Crippen LogP contribution in [-0.4, -0.2) is 48.3 Å². The molecule has 10 heteroatoms. The zero-order valence-corrected chi connectivity index (χ0v) is 21.2. The van der Waals surface area contributed by atoms with Crippen molar-refractivity contribution < 1.29 is 19.2 Å². The summed E-state index contributed by atoms with van der Waals surface area (Å²) >= 11 is 0. The van der Waals surface area contributed by atoms with Crippen molar-refractivity contribution >= 4 is 41.0 Å². The zero-order chi connectivity index (χ0) is 27.1. The smallest absolute Gasteiger partial charge is 0.322 e. The number of urea groups is 2. The molecule has 39 heavy (non-hydrogen) atoms. The van der Waals surface area contributed by atoms with Crippen LogP contribution in [0, 0.1) is 0 Å². The van der Waals surface area contributed by atoms with Gasteiger partial charge in [0.05, 0.1) is 11.4 Å². The molecule has 6 rings (SSSR count). The Morgan fingerprint density at radius 1 is 1.00 bits per heavy atom. The Kier molecular flexibility index (Phi) is 5.86. The van der Waals surface area contributed by atoms with E-state index in [1.807, 2.05) is 60.7 Å². The molecule has 3 aromatic carbocycles. The third-order valence-corrected chi connectivity index (χ3v) is 7.45. The number of rotatable bonds is 3. The second-order valence-corrected chi connectivity index (χ2v) is 9.91. The Labute approximate surface area is 224 Å². The Balaban J connectivity index is 1.25. The fourth-order valence-corrected chi connectivity index (χ4v) is 5.44. The summed E-state index contributed by atoms with van der Waals surface area (Å²) in [5.41, 5.74) is 4.35. The number of benzene rings is 3. The molecule has 0 radical (unpaired) electrons. The van der Waals surface area contributed by atoms with Crippen LogP contribution in [0.5, 0.6) is 0 Å². The number of carbonyl (C=O) groups is 4. The van der Waals surface area contributed by atoms with Crippen LogP contribution in [0.25, 0.3) is 0 Å². The minimum absolute atomic E-state index is 0.325. The van der Waals surface area contributed by atoms with E-state index in [0.717, 1.165) is 22.3 Å². The Hall–Kier alpha value is -4.99. The largest absolute Gasteiger partial charge is 0.323 e. The van der Waals surface area contributed by atoms with E-state index < -0.39 is 23.8 Å². The van der Waals surface area contributed by atoms with Gasteiger partial charge in [-0.2, -0.15) is 0 Å². The molecule has 4 N–H and O–H groups in total. The summed E-state index contributed by atoms with van der Waals surface area (Å²) < 4.78 is 0. The predicted molar refractivity (Wildman–Crippen MR) is 146 cm³/mol. The predicted octanol–water partition coefficient (Wildman–Crippen LogP) is 2.72. The van der Waals surface area contributed by atoms with E-state index in [4.69, 9.17) is 4.99 Å². The lowest BCUT2D eigenvalue weighted by atomic mass is 9.78. The molecule has 6 amide bonds. The molecule has 0 bridgehead atoms. The van der Waals surface area contributed by atoms with Gasteiger partial charge in [0.2, 0.25) is 6.17 Å². The molecule has 2 heterocycles. The van der Waals surface area contributed by atoms with Gasteiger partial charge >= 0.3 is 12.1 Å². The molecule has 2 atom stereocenters. The van der Waals surface area contributed by atoms with Gasteiger partial charge in [0, 0.05) is 30.3 Å². The molecular weight excluding hydrogens is 496 g/mol. The highest BCUT2D eigenvalue weighted by atomic mass is 16.2.